The molecule has 1 atom stereocenters. The fourth-order valence-electron chi connectivity index (χ4n) is 4.48. The Morgan fingerprint density at radius 3 is 2.75 bits per heavy atom. The predicted octanol–water partition coefficient (Wildman–Crippen LogP) is 4.66. The highest BCUT2D eigenvalue weighted by Gasteiger charge is 2.35. The Kier molecular flexibility index (Phi) is 5.98. The van der Waals surface area contributed by atoms with Gasteiger partial charge >= 0.3 is 0 Å². The fourth-order valence-corrected chi connectivity index (χ4v) is 4.48. The number of nitrogens with zero attached hydrogens (tertiary/aromatic N) is 2. The monoisotopic (exact) mass is 380 g/mol. The Labute approximate surface area is 168 Å². The molecule has 0 radical (unpaired) electrons. The second kappa shape index (κ2) is 8.62. The maximum absolute atomic E-state index is 5.98. The molecule has 4 nitrogen and oxygen atoms in total. The molecule has 1 aromatic heterocycles. The lowest BCUT2D eigenvalue weighted by Crippen LogP contribution is -2.32. The summed E-state index contributed by atoms with van der Waals surface area (Å²) in [5.74, 6) is 0.449. The molecule has 1 spiro atoms. The highest BCUT2D eigenvalue weighted by molar-refractivity contribution is 5.56. The summed E-state index contributed by atoms with van der Waals surface area (Å²) in [5.41, 5.74) is 5.54. The van der Waals surface area contributed by atoms with Crippen LogP contribution in [0.25, 0.3) is 6.08 Å². The van der Waals surface area contributed by atoms with Crippen LogP contribution in [0.5, 0.6) is 0 Å². The molecule has 1 saturated heterocycles. The maximum atomic E-state index is 5.98. The van der Waals surface area contributed by atoms with Crippen molar-refractivity contribution in [3.63, 3.8) is 0 Å². The van der Waals surface area contributed by atoms with E-state index in [2.05, 4.69) is 54.9 Å². The number of rotatable bonds is 7. The van der Waals surface area contributed by atoms with Crippen LogP contribution in [0.15, 0.2) is 36.4 Å². The minimum Gasteiger partial charge on any atom is -0.381 e. The standard InChI is InChI=1S/C24H32N2O2/c1-3-26-23-9-10-24(11-13-27-14-12-24)16-21(23)22(25-26)15-19(2)17-28-18-20-7-5-4-6-8-20/h4-10,19H,3,11-18H2,1-2H3. The van der Waals surface area contributed by atoms with Crippen LogP contribution in [0.1, 0.15) is 49.2 Å². The Hall–Kier alpha value is -1.91. The van der Waals surface area contributed by atoms with Gasteiger partial charge in [0.25, 0.3) is 0 Å². The smallest absolute Gasteiger partial charge is 0.0717 e. The zero-order valence-electron chi connectivity index (χ0n) is 17.2. The molecule has 1 fully saturated rings. The van der Waals surface area contributed by atoms with Crippen LogP contribution in [-0.2, 0) is 35.5 Å². The average Bonchev–Trinajstić information content (AvgIpc) is 3.06. The van der Waals surface area contributed by atoms with Crippen LogP contribution in [0.4, 0.5) is 0 Å². The molecule has 2 heterocycles. The molecule has 0 amide bonds. The Balaban J connectivity index is 1.42. The van der Waals surface area contributed by atoms with Crippen molar-refractivity contribution >= 4 is 6.08 Å². The van der Waals surface area contributed by atoms with Gasteiger partial charge in [-0.15, -0.1) is 0 Å². The zero-order valence-corrected chi connectivity index (χ0v) is 17.2. The molecular formula is C24H32N2O2. The third-order valence-corrected chi connectivity index (χ3v) is 6.14. The van der Waals surface area contributed by atoms with E-state index in [9.17, 15) is 0 Å². The molecule has 2 aliphatic rings. The number of fused-ring (bicyclic) bond motifs is 1. The van der Waals surface area contributed by atoms with E-state index in [-0.39, 0.29) is 5.41 Å². The second-order valence-corrected chi connectivity index (χ2v) is 8.42. The summed E-state index contributed by atoms with van der Waals surface area (Å²) in [6.07, 6.45) is 9.08. The van der Waals surface area contributed by atoms with E-state index in [1.54, 1.807) is 0 Å². The third kappa shape index (κ3) is 4.23. The van der Waals surface area contributed by atoms with Gasteiger partial charge in [0.05, 0.1) is 18.0 Å². The molecule has 1 aromatic carbocycles. The summed E-state index contributed by atoms with van der Waals surface area (Å²) in [6.45, 7) is 8.56. The van der Waals surface area contributed by atoms with Crippen molar-refractivity contribution in [2.75, 3.05) is 19.8 Å². The third-order valence-electron chi connectivity index (χ3n) is 6.14. The first kappa shape index (κ1) is 19.4. The first-order valence-corrected chi connectivity index (χ1v) is 10.7. The summed E-state index contributed by atoms with van der Waals surface area (Å²) >= 11 is 0. The van der Waals surface area contributed by atoms with Crippen molar-refractivity contribution in [1.29, 1.82) is 0 Å². The second-order valence-electron chi connectivity index (χ2n) is 8.42. The van der Waals surface area contributed by atoms with Gasteiger partial charge in [0.15, 0.2) is 0 Å². The molecule has 0 bridgehead atoms. The largest absolute Gasteiger partial charge is 0.381 e. The van der Waals surface area contributed by atoms with Crippen molar-refractivity contribution in [3.05, 3.63) is 58.9 Å². The summed E-state index contributed by atoms with van der Waals surface area (Å²) in [4.78, 5) is 0. The lowest BCUT2D eigenvalue weighted by Gasteiger charge is -2.37. The van der Waals surface area contributed by atoms with Crippen LogP contribution >= 0.6 is 0 Å². The molecule has 150 valence electrons. The summed E-state index contributed by atoms with van der Waals surface area (Å²) in [6, 6.07) is 10.4. The number of hydrogen-bond donors (Lipinski definition) is 0. The lowest BCUT2D eigenvalue weighted by molar-refractivity contribution is 0.0371. The van der Waals surface area contributed by atoms with Gasteiger partial charge in [0.2, 0.25) is 0 Å². The Morgan fingerprint density at radius 2 is 2.00 bits per heavy atom. The molecule has 4 heteroatoms. The van der Waals surface area contributed by atoms with Gasteiger partial charge in [-0.25, -0.2) is 0 Å². The van der Waals surface area contributed by atoms with Gasteiger partial charge in [0, 0.05) is 31.9 Å². The molecule has 28 heavy (non-hydrogen) atoms. The van der Waals surface area contributed by atoms with Crippen molar-refractivity contribution in [2.45, 2.75) is 52.7 Å². The van der Waals surface area contributed by atoms with Crippen LogP contribution in [-0.4, -0.2) is 29.6 Å². The Morgan fingerprint density at radius 1 is 1.21 bits per heavy atom. The Bertz CT molecular complexity index is 804. The first-order valence-electron chi connectivity index (χ1n) is 10.7. The van der Waals surface area contributed by atoms with Crippen LogP contribution < -0.4 is 0 Å². The highest BCUT2D eigenvalue weighted by Crippen LogP contribution is 2.41. The summed E-state index contributed by atoms with van der Waals surface area (Å²) in [5, 5.41) is 4.97. The van der Waals surface area contributed by atoms with E-state index in [4.69, 9.17) is 14.6 Å². The lowest BCUT2D eigenvalue weighted by atomic mass is 9.72. The number of allylic oxidation sites excluding steroid dienone is 1. The summed E-state index contributed by atoms with van der Waals surface area (Å²) < 4.78 is 13.8. The van der Waals surface area contributed by atoms with Crippen molar-refractivity contribution in [1.82, 2.24) is 9.78 Å². The first-order chi connectivity index (χ1) is 13.7. The van der Waals surface area contributed by atoms with Gasteiger partial charge in [-0.1, -0.05) is 43.3 Å². The maximum Gasteiger partial charge on any atom is 0.0717 e. The summed E-state index contributed by atoms with van der Waals surface area (Å²) in [7, 11) is 0. The van der Waals surface area contributed by atoms with E-state index in [0.717, 1.165) is 52.0 Å². The molecule has 4 rings (SSSR count). The number of aromatic nitrogens is 2. The SMILES string of the molecule is CCn1nc(CC(C)COCc2ccccc2)c2c1C=CC1(CCOCC1)C2. The number of aryl methyl sites for hydroxylation is 1. The quantitative estimate of drug-likeness (QED) is 0.701. The average molecular weight is 381 g/mol. The molecule has 1 unspecified atom stereocenters. The van der Waals surface area contributed by atoms with Gasteiger partial charge in [-0.05, 0) is 55.6 Å². The van der Waals surface area contributed by atoms with E-state index in [1.807, 2.05) is 6.07 Å². The number of benzene rings is 1. The van der Waals surface area contributed by atoms with Crippen LogP contribution in [0.3, 0.4) is 0 Å². The van der Waals surface area contributed by atoms with Crippen LogP contribution in [0.2, 0.25) is 0 Å². The molecule has 1 aliphatic carbocycles. The van der Waals surface area contributed by atoms with Crippen molar-refractivity contribution in [2.24, 2.45) is 11.3 Å². The van der Waals surface area contributed by atoms with E-state index >= 15 is 0 Å². The molecule has 2 aromatic rings. The highest BCUT2D eigenvalue weighted by atomic mass is 16.5. The molecular weight excluding hydrogens is 348 g/mol. The van der Waals surface area contributed by atoms with E-state index < -0.39 is 0 Å². The fraction of sp³-hybridized carbons (Fsp3) is 0.542. The topological polar surface area (TPSA) is 36.3 Å². The predicted molar refractivity (Wildman–Crippen MR) is 112 cm³/mol. The zero-order chi connectivity index (χ0) is 19.4. The minimum atomic E-state index is 0.272. The number of ether oxygens (including phenoxy) is 2. The molecule has 1 aliphatic heterocycles. The van der Waals surface area contributed by atoms with Gasteiger partial charge in [-0.2, -0.15) is 5.10 Å². The van der Waals surface area contributed by atoms with Gasteiger partial charge < -0.3 is 9.47 Å². The molecule has 0 N–H and O–H groups in total. The minimum absolute atomic E-state index is 0.272. The number of hydrogen-bond acceptors (Lipinski definition) is 3. The van der Waals surface area contributed by atoms with Gasteiger partial charge in [0.1, 0.15) is 0 Å². The van der Waals surface area contributed by atoms with E-state index in [0.29, 0.717) is 12.5 Å². The van der Waals surface area contributed by atoms with Crippen molar-refractivity contribution in [3.8, 4) is 0 Å². The van der Waals surface area contributed by atoms with Crippen molar-refractivity contribution < 1.29 is 9.47 Å². The molecule has 0 saturated carbocycles. The van der Waals surface area contributed by atoms with E-state index in [1.165, 1.54) is 22.5 Å². The normalized spacial score (nSPS) is 18.9. The van der Waals surface area contributed by atoms with Crippen LogP contribution in [0, 0.1) is 11.3 Å². The van der Waals surface area contributed by atoms with Gasteiger partial charge in [-0.3, -0.25) is 4.68 Å².